The number of rotatable bonds is 7. The average Bonchev–Trinajstić information content (AvgIpc) is 3.53. The summed E-state index contributed by atoms with van der Waals surface area (Å²) in [5.41, 5.74) is 5.14. The minimum absolute atomic E-state index is 0.103. The number of hydrogen-bond acceptors (Lipinski definition) is 5. The monoisotopic (exact) mass is 442 g/mol. The molecule has 0 saturated heterocycles. The van der Waals surface area contributed by atoms with E-state index >= 15 is 0 Å². The summed E-state index contributed by atoms with van der Waals surface area (Å²) in [6.07, 6.45) is 8.20. The molecule has 0 fully saturated rings. The molecule has 0 spiro atoms. The van der Waals surface area contributed by atoms with Gasteiger partial charge in [-0.3, -0.25) is 9.78 Å². The molecule has 1 amide bonds. The number of fused-ring (bicyclic) bond motifs is 1. The zero-order valence-corrected chi connectivity index (χ0v) is 18.4. The molecule has 160 valence electrons. The van der Waals surface area contributed by atoms with Crippen LogP contribution < -0.4 is 5.32 Å². The van der Waals surface area contributed by atoms with Gasteiger partial charge in [-0.2, -0.15) is 0 Å². The van der Waals surface area contributed by atoms with E-state index in [9.17, 15) is 4.79 Å². The fourth-order valence-corrected chi connectivity index (χ4v) is 4.33. The van der Waals surface area contributed by atoms with Gasteiger partial charge in [0, 0.05) is 42.6 Å². The average molecular weight is 443 g/mol. The van der Waals surface area contributed by atoms with Gasteiger partial charge in [0.05, 0.1) is 40.3 Å². The van der Waals surface area contributed by atoms with E-state index < -0.39 is 0 Å². The van der Waals surface area contributed by atoms with E-state index in [1.807, 2.05) is 70.7 Å². The minimum atomic E-state index is -0.103. The van der Waals surface area contributed by atoms with Gasteiger partial charge in [-0.05, 0) is 37.3 Å². The molecule has 0 aromatic carbocycles. The lowest BCUT2D eigenvalue weighted by atomic mass is 10.2. The van der Waals surface area contributed by atoms with Crippen molar-refractivity contribution in [3.63, 3.8) is 0 Å². The van der Waals surface area contributed by atoms with Crippen LogP contribution in [0.4, 0.5) is 0 Å². The molecule has 0 aliphatic rings. The predicted molar refractivity (Wildman–Crippen MR) is 125 cm³/mol. The van der Waals surface area contributed by atoms with Crippen LogP contribution in [0.2, 0.25) is 0 Å². The second kappa shape index (κ2) is 8.76. The maximum Gasteiger partial charge on any atom is 0.253 e. The molecule has 5 aromatic rings. The van der Waals surface area contributed by atoms with E-state index in [-0.39, 0.29) is 5.91 Å². The zero-order chi connectivity index (χ0) is 21.9. The second-order valence-corrected chi connectivity index (χ2v) is 8.58. The number of pyridine rings is 2. The number of hydrogen-bond donors (Lipinski definition) is 1. The highest BCUT2D eigenvalue weighted by molar-refractivity contribution is 7.09. The molecule has 7 nitrogen and oxygen atoms in total. The van der Waals surface area contributed by atoms with E-state index in [0.717, 1.165) is 33.3 Å². The zero-order valence-electron chi connectivity index (χ0n) is 17.6. The number of amides is 1. The number of nitrogens with one attached hydrogen (secondary N) is 1. The Morgan fingerprint density at radius 1 is 1.12 bits per heavy atom. The van der Waals surface area contributed by atoms with E-state index in [2.05, 4.69) is 25.6 Å². The Balaban J connectivity index is 1.37. The van der Waals surface area contributed by atoms with Crippen molar-refractivity contribution in [3.05, 3.63) is 94.7 Å². The molecule has 0 radical (unpaired) electrons. The van der Waals surface area contributed by atoms with Crippen LogP contribution in [0.15, 0.2) is 72.8 Å². The van der Waals surface area contributed by atoms with Crippen molar-refractivity contribution in [2.45, 2.75) is 19.9 Å². The van der Waals surface area contributed by atoms with Crippen LogP contribution in [0, 0.1) is 6.92 Å². The van der Waals surface area contributed by atoms with Gasteiger partial charge in [0.15, 0.2) is 0 Å². The molecule has 8 heteroatoms. The molecular weight excluding hydrogens is 420 g/mol. The van der Waals surface area contributed by atoms with E-state index in [4.69, 9.17) is 0 Å². The number of nitrogens with zero attached hydrogens (tertiary/aromatic N) is 5. The van der Waals surface area contributed by atoms with Gasteiger partial charge in [-0.1, -0.05) is 12.1 Å². The summed E-state index contributed by atoms with van der Waals surface area (Å²) >= 11 is 1.64. The van der Waals surface area contributed by atoms with Crippen LogP contribution in [-0.2, 0) is 13.0 Å². The number of carbonyl (C=O) groups excluding carboxylic acids is 1. The number of aryl methyl sites for hydroxylation is 1. The van der Waals surface area contributed by atoms with E-state index in [1.54, 1.807) is 23.9 Å². The maximum atomic E-state index is 13.0. The lowest BCUT2D eigenvalue weighted by Gasteiger charge is -2.04. The summed E-state index contributed by atoms with van der Waals surface area (Å²) in [6.45, 7) is 3.20. The molecule has 0 atom stereocenters. The number of thiazole rings is 1. The fraction of sp³-hybridized carbons (Fsp3) is 0.167. The van der Waals surface area contributed by atoms with Crippen LogP contribution in [-0.4, -0.2) is 36.4 Å². The molecular formula is C24H22N6OS. The first-order valence-electron chi connectivity index (χ1n) is 10.4. The molecule has 0 aliphatic carbocycles. The van der Waals surface area contributed by atoms with Crippen LogP contribution in [0.3, 0.4) is 0 Å². The van der Waals surface area contributed by atoms with E-state index in [1.165, 1.54) is 0 Å². The number of imidazole rings is 1. The van der Waals surface area contributed by atoms with Crippen LogP contribution in [0.5, 0.6) is 0 Å². The van der Waals surface area contributed by atoms with Gasteiger partial charge in [0.2, 0.25) is 0 Å². The molecule has 5 aromatic heterocycles. The van der Waals surface area contributed by atoms with Gasteiger partial charge >= 0.3 is 0 Å². The first-order chi connectivity index (χ1) is 15.7. The highest BCUT2D eigenvalue weighted by Gasteiger charge is 2.17. The molecule has 0 saturated carbocycles. The first-order valence-corrected chi connectivity index (χ1v) is 11.3. The van der Waals surface area contributed by atoms with Crippen molar-refractivity contribution in [1.82, 2.24) is 29.2 Å². The normalized spacial score (nSPS) is 11.2. The van der Waals surface area contributed by atoms with Crippen molar-refractivity contribution in [2.75, 3.05) is 6.54 Å². The van der Waals surface area contributed by atoms with Crippen LogP contribution in [0.25, 0.3) is 16.9 Å². The van der Waals surface area contributed by atoms with Crippen LogP contribution in [0.1, 0.15) is 26.8 Å². The Kier molecular flexibility index (Phi) is 5.51. The van der Waals surface area contributed by atoms with Crippen LogP contribution >= 0.6 is 11.3 Å². The van der Waals surface area contributed by atoms with Crippen molar-refractivity contribution >= 4 is 22.8 Å². The third-order valence-corrected chi connectivity index (χ3v) is 6.04. The molecule has 0 unspecified atom stereocenters. The summed E-state index contributed by atoms with van der Waals surface area (Å²) in [6, 6.07) is 13.5. The Morgan fingerprint density at radius 2 is 2.03 bits per heavy atom. The summed E-state index contributed by atoms with van der Waals surface area (Å²) in [5, 5.41) is 6.14. The Bertz CT molecular complexity index is 1370. The Morgan fingerprint density at radius 3 is 2.84 bits per heavy atom. The van der Waals surface area contributed by atoms with Gasteiger partial charge in [0.25, 0.3) is 5.91 Å². The second-order valence-electron chi connectivity index (χ2n) is 7.52. The predicted octanol–water partition coefficient (Wildman–Crippen LogP) is 3.98. The number of aromatic nitrogens is 5. The van der Waals surface area contributed by atoms with Crippen molar-refractivity contribution in [2.24, 2.45) is 0 Å². The smallest absolute Gasteiger partial charge is 0.253 e. The summed E-state index contributed by atoms with van der Waals surface area (Å²) < 4.78 is 4.02. The van der Waals surface area contributed by atoms with Gasteiger partial charge in [-0.25, -0.2) is 9.97 Å². The molecule has 0 bridgehead atoms. The quantitative estimate of drug-likeness (QED) is 0.414. The third kappa shape index (κ3) is 4.17. The Hall–Kier alpha value is -3.78. The Labute approximate surface area is 189 Å². The fourth-order valence-electron chi connectivity index (χ4n) is 3.72. The molecule has 32 heavy (non-hydrogen) atoms. The molecule has 5 heterocycles. The van der Waals surface area contributed by atoms with Gasteiger partial charge in [-0.15, -0.1) is 11.3 Å². The van der Waals surface area contributed by atoms with Gasteiger partial charge in [0.1, 0.15) is 5.69 Å². The summed E-state index contributed by atoms with van der Waals surface area (Å²) in [5.74, 6) is -0.103. The molecule has 1 N–H and O–H groups in total. The first kappa shape index (κ1) is 20.1. The highest BCUT2D eigenvalue weighted by Crippen LogP contribution is 2.25. The minimum Gasteiger partial charge on any atom is -0.352 e. The highest BCUT2D eigenvalue weighted by atomic mass is 32.1. The van der Waals surface area contributed by atoms with E-state index in [0.29, 0.717) is 25.1 Å². The number of carbonyl (C=O) groups is 1. The van der Waals surface area contributed by atoms with Crippen molar-refractivity contribution in [3.8, 4) is 11.4 Å². The molecule has 0 aliphatic heterocycles. The largest absolute Gasteiger partial charge is 0.352 e. The SMILES string of the molecule is Cc1nc(Cn2cnc(-c3cc(C(=O)NCCc4ccccn4)c4ccccn34)c2)cs1. The molecule has 5 rings (SSSR count). The lowest BCUT2D eigenvalue weighted by molar-refractivity contribution is 0.0956. The standard InChI is InChI=1S/C24H22N6OS/c1-17-28-19(15-32-17)13-29-14-21(27-16-29)23-12-20(22-7-3-5-11-30(22)23)24(31)26-10-8-18-6-2-4-9-25-18/h2-7,9,11-12,14-16H,8,10,13H2,1H3,(H,26,31). The van der Waals surface area contributed by atoms with Crippen molar-refractivity contribution < 1.29 is 4.79 Å². The lowest BCUT2D eigenvalue weighted by Crippen LogP contribution is -2.25. The van der Waals surface area contributed by atoms with Crippen molar-refractivity contribution in [1.29, 1.82) is 0 Å². The third-order valence-electron chi connectivity index (χ3n) is 5.22. The summed E-state index contributed by atoms with van der Waals surface area (Å²) in [4.78, 5) is 26.4. The summed E-state index contributed by atoms with van der Waals surface area (Å²) in [7, 11) is 0. The topological polar surface area (TPSA) is 77.1 Å². The van der Waals surface area contributed by atoms with Gasteiger partial charge < -0.3 is 14.3 Å². The maximum absolute atomic E-state index is 13.0.